The number of hydrogen-bond acceptors (Lipinski definition) is 2. The SMILES string of the molecule is CC1(c2ccc3c(c2)oc2cccc(N(c4ccc(-c5ccccc5)cc4)c4ccc(-c5ccc(-c6ccccc6)cc5)cc4)c23)c2ccccc2-c2ccccc21. The first-order chi connectivity index (χ1) is 28.6. The van der Waals surface area contributed by atoms with Crippen molar-refractivity contribution in [1.29, 1.82) is 0 Å². The second kappa shape index (κ2) is 13.7. The Labute approximate surface area is 338 Å². The van der Waals surface area contributed by atoms with Crippen molar-refractivity contribution in [3.05, 3.63) is 235 Å². The zero-order valence-corrected chi connectivity index (χ0v) is 32.1. The molecule has 1 aliphatic rings. The summed E-state index contributed by atoms with van der Waals surface area (Å²) in [5.74, 6) is 0. The molecule has 10 aromatic rings. The Morgan fingerprint density at radius 3 is 1.34 bits per heavy atom. The van der Waals surface area contributed by atoms with Gasteiger partial charge in [-0.05, 0) is 111 Å². The lowest BCUT2D eigenvalue weighted by Crippen LogP contribution is -2.22. The Balaban J connectivity index is 1.03. The van der Waals surface area contributed by atoms with Gasteiger partial charge in [0.2, 0.25) is 0 Å². The van der Waals surface area contributed by atoms with Crippen molar-refractivity contribution in [1.82, 2.24) is 0 Å². The van der Waals surface area contributed by atoms with Gasteiger partial charge in [0.05, 0.1) is 11.1 Å². The summed E-state index contributed by atoms with van der Waals surface area (Å²) >= 11 is 0. The predicted octanol–water partition coefficient (Wildman–Crippen LogP) is 15.4. The van der Waals surface area contributed by atoms with E-state index in [4.69, 9.17) is 4.42 Å². The first kappa shape index (κ1) is 33.9. The smallest absolute Gasteiger partial charge is 0.137 e. The summed E-state index contributed by atoms with van der Waals surface area (Å²) < 4.78 is 6.80. The zero-order chi connectivity index (χ0) is 38.6. The number of nitrogens with zero attached hydrogens (tertiary/aromatic N) is 1. The van der Waals surface area contributed by atoms with Crippen LogP contribution in [-0.4, -0.2) is 0 Å². The lowest BCUT2D eigenvalue weighted by molar-refractivity contribution is 0.662. The van der Waals surface area contributed by atoms with Crippen LogP contribution in [0.1, 0.15) is 23.6 Å². The third kappa shape index (κ3) is 5.49. The van der Waals surface area contributed by atoms with Crippen molar-refractivity contribution in [2.45, 2.75) is 12.3 Å². The molecule has 0 bridgehead atoms. The molecule has 1 heterocycles. The van der Waals surface area contributed by atoms with Gasteiger partial charge in [0.25, 0.3) is 0 Å². The average molecular weight is 742 g/mol. The summed E-state index contributed by atoms with van der Waals surface area (Å²) in [6.45, 7) is 2.36. The molecule has 1 aromatic heterocycles. The summed E-state index contributed by atoms with van der Waals surface area (Å²) in [5, 5.41) is 2.19. The minimum Gasteiger partial charge on any atom is -0.456 e. The third-order valence-corrected chi connectivity index (χ3v) is 12.2. The van der Waals surface area contributed by atoms with Gasteiger partial charge in [-0.1, -0.05) is 176 Å². The molecule has 58 heavy (non-hydrogen) atoms. The predicted molar refractivity (Wildman–Crippen MR) is 242 cm³/mol. The molecule has 11 rings (SSSR count). The molecule has 0 fully saturated rings. The van der Waals surface area contributed by atoms with Gasteiger partial charge in [-0.3, -0.25) is 0 Å². The second-order valence-corrected chi connectivity index (χ2v) is 15.4. The van der Waals surface area contributed by atoms with Crippen LogP contribution in [0.4, 0.5) is 17.1 Å². The Hall–Kier alpha value is -7.42. The molecule has 9 aromatic carbocycles. The maximum Gasteiger partial charge on any atom is 0.137 e. The number of fused-ring (bicyclic) bond motifs is 6. The second-order valence-electron chi connectivity index (χ2n) is 15.4. The van der Waals surface area contributed by atoms with E-state index < -0.39 is 0 Å². The molecule has 0 unspecified atom stereocenters. The Kier molecular flexibility index (Phi) is 7.97. The fraction of sp³-hybridized carbons (Fsp3) is 0.0357. The van der Waals surface area contributed by atoms with E-state index >= 15 is 0 Å². The molecule has 2 nitrogen and oxygen atoms in total. The first-order valence-electron chi connectivity index (χ1n) is 20.0. The van der Waals surface area contributed by atoms with Crippen LogP contribution in [0.5, 0.6) is 0 Å². The van der Waals surface area contributed by atoms with E-state index in [9.17, 15) is 0 Å². The molecule has 1 aliphatic carbocycles. The van der Waals surface area contributed by atoms with Crippen molar-refractivity contribution in [3.8, 4) is 44.5 Å². The van der Waals surface area contributed by atoms with Crippen molar-refractivity contribution >= 4 is 39.0 Å². The zero-order valence-electron chi connectivity index (χ0n) is 32.1. The van der Waals surface area contributed by atoms with Gasteiger partial charge in [0.1, 0.15) is 11.2 Å². The molecule has 0 N–H and O–H groups in total. The normalized spacial score (nSPS) is 12.7. The van der Waals surface area contributed by atoms with Gasteiger partial charge in [-0.15, -0.1) is 0 Å². The minimum absolute atomic E-state index is 0.306. The van der Waals surface area contributed by atoms with E-state index in [2.05, 4.69) is 230 Å². The van der Waals surface area contributed by atoms with E-state index in [1.165, 1.54) is 61.2 Å². The van der Waals surface area contributed by atoms with Crippen molar-refractivity contribution < 1.29 is 4.42 Å². The fourth-order valence-electron chi connectivity index (χ4n) is 9.22. The lowest BCUT2D eigenvalue weighted by Gasteiger charge is -2.28. The van der Waals surface area contributed by atoms with Crippen LogP contribution >= 0.6 is 0 Å². The molecular formula is C56H39NO. The maximum absolute atomic E-state index is 6.80. The molecule has 0 atom stereocenters. The summed E-state index contributed by atoms with van der Waals surface area (Å²) in [5.41, 5.74) is 18.3. The molecule has 2 heteroatoms. The Morgan fingerprint density at radius 2 is 0.828 bits per heavy atom. The Bertz CT molecular complexity index is 3040. The maximum atomic E-state index is 6.80. The number of rotatable bonds is 7. The summed E-state index contributed by atoms with van der Waals surface area (Å²) in [4.78, 5) is 2.37. The molecule has 0 spiro atoms. The van der Waals surface area contributed by atoms with Crippen LogP contribution in [0.15, 0.2) is 223 Å². The number of anilines is 3. The highest BCUT2D eigenvalue weighted by Crippen LogP contribution is 2.53. The quantitative estimate of drug-likeness (QED) is 0.162. The van der Waals surface area contributed by atoms with Gasteiger partial charge >= 0.3 is 0 Å². The summed E-state index contributed by atoms with van der Waals surface area (Å²) in [6, 6.07) is 78.7. The van der Waals surface area contributed by atoms with Crippen LogP contribution in [0.3, 0.4) is 0 Å². The van der Waals surface area contributed by atoms with Gasteiger partial charge in [0, 0.05) is 22.2 Å². The van der Waals surface area contributed by atoms with E-state index in [1.807, 2.05) is 0 Å². The van der Waals surface area contributed by atoms with Gasteiger partial charge < -0.3 is 9.32 Å². The topological polar surface area (TPSA) is 16.4 Å². The molecule has 0 radical (unpaired) electrons. The molecule has 0 saturated heterocycles. The largest absolute Gasteiger partial charge is 0.456 e. The van der Waals surface area contributed by atoms with E-state index in [0.29, 0.717) is 0 Å². The van der Waals surface area contributed by atoms with Gasteiger partial charge in [-0.25, -0.2) is 0 Å². The summed E-state index contributed by atoms with van der Waals surface area (Å²) in [7, 11) is 0. The molecule has 0 aliphatic heterocycles. The number of hydrogen-bond donors (Lipinski definition) is 0. The van der Waals surface area contributed by atoms with Gasteiger partial charge in [-0.2, -0.15) is 0 Å². The van der Waals surface area contributed by atoms with Crippen LogP contribution in [0, 0.1) is 0 Å². The Morgan fingerprint density at radius 1 is 0.379 bits per heavy atom. The highest BCUT2D eigenvalue weighted by molar-refractivity contribution is 6.13. The summed E-state index contributed by atoms with van der Waals surface area (Å²) in [6.07, 6.45) is 0. The average Bonchev–Trinajstić information content (AvgIpc) is 3.81. The standard InChI is InChI=1S/C56H39NO/c1-56(50-19-10-8-17-47(50)48-18-9-11-20-51(48)56)44-31-36-49-54(37-44)58-53-22-12-21-52(55(49)53)57(45-32-27-42(28-33-45)39-15-6-3-7-16-39)46-34-29-43(30-35-46)41-25-23-40(24-26-41)38-13-4-2-5-14-38/h2-37H,1H3. The third-order valence-electron chi connectivity index (χ3n) is 12.2. The molecule has 0 saturated carbocycles. The van der Waals surface area contributed by atoms with Crippen LogP contribution < -0.4 is 4.90 Å². The minimum atomic E-state index is -0.306. The van der Waals surface area contributed by atoms with Crippen LogP contribution in [0.25, 0.3) is 66.4 Å². The van der Waals surface area contributed by atoms with Crippen molar-refractivity contribution in [2.75, 3.05) is 4.90 Å². The van der Waals surface area contributed by atoms with Crippen LogP contribution in [0.2, 0.25) is 0 Å². The van der Waals surface area contributed by atoms with E-state index in [1.54, 1.807) is 0 Å². The van der Waals surface area contributed by atoms with E-state index in [-0.39, 0.29) is 5.41 Å². The highest BCUT2D eigenvalue weighted by Gasteiger charge is 2.40. The van der Waals surface area contributed by atoms with Gasteiger partial charge in [0.15, 0.2) is 0 Å². The van der Waals surface area contributed by atoms with Crippen LogP contribution in [-0.2, 0) is 5.41 Å². The van der Waals surface area contributed by atoms with E-state index in [0.717, 1.165) is 39.0 Å². The van der Waals surface area contributed by atoms with Crippen molar-refractivity contribution in [2.24, 2.45) is 0 Å². The first-order valence-corrected chi connectivity index (χ1v) is 20.0. The molecule has 0 amide bonds. The fourth-order valence-corrected chi connectivity index (χ4v) is 9.22. The highest BCUT2D eigenvalue weighted by atomic mass is 16.3. The monoisotopic (exact) mass is 741 g/mol. The lowest BCUT2D eigenvalue weighted by atomic mass is 9.74. The number of furan rings is 1. The van der Waals surface area contributed by atoms with Crippen molar-refractivity contribution in [3.63, 3.8) is 0 Å². The molecular weight excluding hydrogens is 703 g/mol. The number of benzene rings is 9. The molecule has 274 valence electrons.